The van der Waals surface area contributed by atoms with Crippen molar-refractivity contribution in [2.24, 2.45) is 7.05 Å². The zero-order valence-electron chi connectivity index (χ0n) is 10.4. The van der Waals surface area contributed by atoms with E-state index in [1.54, 1.807) is 28.0 Å². The molecule has 8 heteroatoms. The van der Waals surface area contributed by atoms with E-state index in [0.717, 1.165) is 16.7 Å². The molecular formula is C11H13N7O. The first-order valence-corrected chi connectivity index (χ1v) is 5.81. The molecule has 3 heterocycles. The summed E-state index contributed by atoms with van der Waals surface area (Å²) in [5.41, 5.74) is 1.57. The van der Waals surface area contributed by atoms with Crippen molar-refractivity contribution < 1.29 is 5.11 Å². The molecular weight excluding hydrogens is 246 g/mol. The molecule has 3 aromatic heterocycles. The zero-order chi connectivity index (χ0) is 13.2. The van der Waals surface area contributed by atoms with Crippen LogP contribution in [0.1, 0.15) is 0 Å². The fraction of sp³-hybridized carbons (Fsp3) is 0.273. The molecule has 0 amide bonds. The largest absolute Gasteiger partial charge is 0.394 e. The Morgan fingerprint density at radius 2 is 2.16 bits per heavy atom. The van der Waals surface area contributed by atoms with E-state index in [9.17, 15) is 0 Å². The highest BCUT2D eigenvalue weighted by molar-refractivity contribution is 5.87. The second-order valence-electron chi connectivity index (χ2n) is 4.07. The molecule has 8 nitrogen and oxygen atoms in total. The topological polar surface area (TPSA) is 93.7 Å². The minimum Gasteiger partial charge on any atom is -0.394 e. The van der Waals surface area contributed by atoms with E-state index in [0.29, 0.717) is 12.4 Å². The van der Waals surface area contributed by atoms with Crippen molar-refractivity contribution in [3.63, 3.8) is 0 Å². The Balaban J connectivity index is 1.92. The molecule has 0 aromatic carbocycles. The molecule has 0 aliphatic rings. The first-order valence-electron chi connectivity index (χ1n) is 5.81. The number of aliphatic hydroxyl groups excluding tert-OH is 1. The molecule has 0 radical (unpaired) electrons. The number of nitrogens with one attached hydrogen (secondary N) is 1. The van der Waals surface area contributed by atoms with Crippen LogP contribution >= 0.6 is 0 Å². The van der Waals surface area contributed by atoms with Gasteiger partial charge in [-0.1, -0.05) is 0 Å². The summed E-state index contributed by atoms with van der Waals surface area (Å²) in [5, 5.41) is 21.1. The Hall–Kier alpha value is -2.48. The maximum Gasteiger partial charge on any atom is 0.163 e. The first kappa shape index (κ1) is 11.6. The van der Waals surface area contributed by atoms with Crippen molar-refractivity contribution >= 4 is 22.5 Å². The minimum atomic E-state index is 0.0570. The number of anilines is 2. The van der Waals surface area contributed by atoms with Crippen molar-refractivity contribution in [1.82, 2.24) is 29.5 Å². The maximum atomic E-state index is 8.85. The highest BCUT2D eigenvalue weighted by Gasteiger charge is 2.08. The Morgan fingerprint density at radius 1 is 1.26 bits per heavy atom. The monoisotopic (exact) mass is 259 g/mol. The quantitative estimate of drug-likeness (QED) is 0.699. The predicted molar refractivity (Wildman–Crippen MR) is 68.9 cm³/mol. The van der Waals surface area contributed by atoms with E-state index in [4.69, 9.17) is 5.11 Å². The average Bonchev–Trinajstić information content (AvgIpc) is 2.99. The minimum absolute atomic E-state index is 0.0570. The van der Waals surface area contributed by atoms with Gasteiger partial charge in [-0.2, -0.15) is 10.2 Å². The Morgan fingerprint density at radius 3 is 3.00 bits per heavy atom. The molecule has 98 valence electrons. The van der Waals surface area contributed by atoms with Crippen molar-refractivity contribution in [3.8, 4) is 0 Å². The summed E-state index contributed by atoms with van der Waals surface area (Å²) in [6.07, 6.45) is 6.70. The molecule has 19 heavy (non-hydrogen) atoms. The SMILES string of the molecule is Cn1ncc2c(Nc3cnn(CCO)c3)ncnc21. The molecule has 3 rings (SSSR count). The van der Waals surface area contributed by atoms with Gasteiger partial charge in [-0.05, 0) is 0 Å². The molecule has 0 fully saturated rings. The fourth-order valence-electron chi connectivity index (χ4n) is 1.85. The molecule has 3 aromatic rings. The fourth-order valence-corrected chi connectivity index (χ4v) is 1.85. The van der Waals surface area contributed by atoms with E-state index >= 15 is 0 Å². The summed E-state index contributed by atoms with van der Waals surface area (Å²) in [7, 11) is 1.83. The number of hydrogen-bond donors (Lipinski definition) is 2. The molecule has 0 atom stereocenters. The highest BCUT2D eigenvalue weighted by atomic mass is 16.3. The number of aromatic nitrogens is 6. The summed E-state index contributed by atoms with van der Waals surface area (Å²) in [4.78, 5) is 8.38. The van der Waals surface area contributed by atoms with Crippen LogP contribution in [0.25, 0.3) is 11.0 Å². The van der Waals surface area contributed by atoms with Crippen LogP contribution < -0.4 is 5.32 Å². The lowest BCUT2D eigenvalue weighted by Gasteiger charge is -2.03. The van der Waals surface area contributed by atoms with Gasteiger partial charge >= 0.3 is 0 Å². The lowest BCUT2D eigenvalue weighted by atomic mass is 10.4. The van der Waals surface area contributed by atoms with Gasteiger partial charge in [0.1, 0.15) is 12.1 Å². The van der Waals surface area contributed by atoms with Gasteiger partial charge in [0.2, 0.25) is 0 Å². The number of rotatable bonds is 4. The molecule has 2 N–H and O–H groups in total. The van der Waals surface area contributed by atoms with Crippen LogP contribution in [0.3, 0.4) is 0 Å². The normalized spacial score (nSPS) is 11.1. The van der Waals surface area contributed by atoms with Crippen LogP contribution in [-0.4, -0.2) is 41.2 Å². The molecule has 0 saturated carbocycles. The van der Waals surface area contributed by atoms with Gasteiger partial charge < -0.3 is 10.4 Å². The van der Waals surface area contributed by atoms with Crippen LogP contribution in [-0.2, 0) is 13.6 Å². The second-order valence-corrected chi connectivity index (χ2v) is 4.07. The summed E-state index contributed by atoms with van der Waals surface area (Å²) >= 11 is 0. The molecule has 0 spiro atoms. The Labute approximate surface area is 108 Å². The van der Waals surface area contributed by atoms with E-state index in [-0.39, 0.29) is 6.61 Å². The number of hydrogen-bond acceptors (Lipinski definition) is 6. The van der Waals surface area contributed by atoms with Crippen LogP contribution in [0.2, 0.25) is 0 Å². The van der Waals surface area contributed by atoms with Crippen LogP contribution in [0.4, 0.5) is 11.5 Å². The van der Waals surface area contributed by atoms with E-state index < -0.39 is 0 Å². The molecule has 0 saturated heterocycles. The van der Waals surface area contributed by atoms with Gasteiger partial charge in [0.05, 0.1) is 36.6 Å². The van der Waals surface area contributed by atoms with Crippen molar-refractivity contribution in [2.45, 2.75) is 6.54 Å². The van der Waals surface area contributed by atoms with E-state index in [1.807, 2.05) is 7.05 Å². The van der Waals surface area contributed by atoms with Gasteiger partial charge in [0.25, 0.3) is 0 Å². The summed E-state index contributed by atoms with van der Waals surface area (Å²) in [6, 6.07) is 0. The van der Waals surface area contributed by atoms with E-state index in [2.05, 4.69) is 25.5 Å². The Bertz CT molecular complexity index is 702. The van der Waals surface area contributed by atoms with Gasteiger partial charge in [0, 0.05) is 13.2 Å². The number of fused-ring (bicyclic) bond motifs is 1. The number of aliphatic hydroxyl groups is 1. The third-order valence-corrected chi connectivity index (χ3v) is 2.75. The molecule has 0 aliphatic heterocycles. The van der Waals surface area contributed by atoms with Gasteiger partial charge in [-0.15, -0.1) is 0 Å². The highest BCUT2D eigenvalue weighted by Crippen LogP contribution is 2.21. The third-order valence-electron chi connectivity index (χ3n) is 2.75. The zero-order valence-corrected chi connectivity index (χ0v) is 10.4. The van der Waals surface area contributed by atoms with E-state index in [1.165, 1.54) is 6.33 Å². The Kier molecular flexibility index (Phi) is 2.84. The third kappa shape index (κ3) is 2.13. The van der Waals surface area contributed by atoms with Crippen molar-refractivity contribution in [2.75, 3.05) is 11.9 Å². The van der Waals surface area contributed by atoms with Crippen molar-refractivity contribution in [1.29, 1.82) is 0 Å². The second kappa shape index (κ2) is 4.65. The van der Waals surface area contributed by atoms with Crippen LogP contribution in [0.5, 0.6) is 0 Å². The number of nitrogens with zero attached hydrogens (tertiary/aromatic N) is 6. The predicted octanol–water partition coefficient (Wildman–Crippen LogP) is 0.296. The van der Waals surface area contributed by atoms with Gasteiger partial charge in [-0.25, -0.2) is 9.97 Å². The first-order chi connectivity index (χ1) is 9.28. The van der Waals surface area contributed by atoms with Gasteiger partial charge in [-0.3, -0.25) is 9.36 Å². The van der Waals surface area contributed by atoms with Crippen molar-refractivity contribution in [3.05, 3.63) is 24.9 Å². The standard InChI is InChI=1S/C11H13N7O/c1-17-11-9(5-14-17)10(12-7-13-11)16-8-4-15-18(6-8)2-3-19/h4-7,19H,2-3H2,1H3,(H,12,13,16). The molecule has 0 aliphatic carbocycles. The maximum absolute atomic E-state index is 8.85. The van der Waals surface area contributed by atoms with Crippen LogP contribution in [0.15, 0.2) is 24.9 Å². The average molecular weight is 259 g/mol. The van der Waals surface area contributed by atoms with Crippen LogP contribution in [0, 0.1) is 0 Å². The molecule has 0 unspecified atom stereocenters. The summed E-state index contributed by atoms with van der Waals surface area (Å²) < 4.78 is 3.35. The number of aryl methyl sites for hydroxylation is 1. The smallest absolute Gasteiger partial charge is 0.163 e. The lowest BCUT2D eigenvalue weighted by molar-refractivity contribution is 0.269. The lowest BCUT2D eigenvalue weighted by Crippen LogP contribution is -2.01. The summed E-state index contributed by atoms with van der Waals surface area (Å²) in [6.45, 7) is 0.523. The molecule has 0 bridgehead atoms. The van der Waals surface area contributed by atoms with Gasteiger partial charge in [0.15, 0.2) is 5.65 Å². The summed E-state index contributed by atoms with van der Waals surface area (Å²) in [5.74, 6) is 0.682.